The summed E-state index contributed by atoms with van der Waals surface area (Å²) in [5, 5.41) is 25.1. The number of nitrogens with one attached hydrogen (secondary N) is 2. The summed E-state index contributed by atoms with van der Waals surface area (Å²) < 4.78 is 11.9. The molecule has 1 saturated heterocycles. The highest BCUT2D eigenvalue weighted by Crippen LogP contribution is 2.29. The van der Waals surface area contributed by atoms with Gasteiger partial charge in [0.2, 0.25) is 6.10 Å². The summed E-state index contributed by atoms with van der Waals surface area (Å²) in [5.41, 5.74) is 13.9. The minimum atomic E-state index is -1.17. The summed E-state index contributed by atoms with van der Waals surface area (Å²) >= 11 is 0. The molecule has 0 radical (unpaired) electrons. The minimum Gasteiger partial charge on any atom is -0.490 e. The van der Waals surface area contributed by atoms with Crippen molar-refractivity contribution in [2.24, 2.45) is 11.5 Å². The van der Waals surface area contributed by atoms with E-state index in [0.717, 1.165) is 36.8 Å². The van der Waals surface area contributed by atoms with Crippen molar-refractivity contribution < 1.29 is 19.4 Å². The summed E-state index contributed by atoms with van der Waals surface area (Å²) in [4.78, 5) is 15.7. The lowest BCUT2D eigenvalue weighted by Gasteiger charge is -2.32. The lowest BCUT2D eigenvalue weighted by molar-refractivity contribution is -0.145. The Labute approximate surface area is 204 Å². The third kappa shape index (κ3) is 5.95. The molecule has 0 bridgehead atoms. The zero-order chi connectivity index (χ0) is 24.9. The minimum absolute atomic E-state index is 0.0251. The number of nitrogens with two attached hydrogens (primary N) is 2. The monoisotopic (exact) mass is 480 g/mol. The zero-order valence-electron chi connectivity index (χ0n) is 19.6. The molecule has 0 spiro atoms. The van der Waals surface area contributed by atoms with Gasteiger partial charge in [0.25, 0.3) is 0 Å². The number of benzene rings is 2. The van der Waals surface area contributed by atoms with Gasteiger partial charge in [-0.3, -0.25) is 10.8 Å². The normalized spacial score (nSPS) is 17.1. The predicted octanol–water partition coefficient (Wildman–Crippen LogP) is 2.27. The van der Waals surface area contributed by atoms with Crippen molar-refractivity contribution in [1.82, 2.24) is 9.80 Å². The Morgan fingerprint density at radius 1 is 0.943 bits per heavy atom. The number of hydrogen-bond donors (Lipinski definition) is 5. The first-order valence-electron chi connectivity index (χ1n) is 11.8. The van der Waals surface area contributed by atoms with Crippen LogP contribution < -0.4 is 20.9 Å². The van der Waals surface area contributed by atoms with Gasteiger partial charge < -0.3 is 35.8 Å². The molecule has 35 heavy (non-hydrogen) atoms. The van der Waals surface area contributed by atoms with Crippen LogP contribution in [-0.2, 0) is 17.8 Å². The van der Waals surface area contributed by atoms with Gasteiger partial charge in [0.15, 0.2) is 11.9 Å². The number of hydrogen-bond acceptors (Lipinski definition) is 5. The number of guanidine groups is 2. The van der Waals surface area contributed by atoms with Crippen molar-refractivity contribution in [3.63, 3.8) is 0 Å². The Morgan fingerprint density at radius 3 is 2.23 bits per heavy atom. The molecule has 7 N–H and O–H groups in total. The van der Waals surface area contributed by atoms with E-state index in [1.807, 2.05) is 17.0 Å². The van der Waals surface area contributed by atoms with Gasteiger partial charge in [0, 0.05) is 44.6 Å². The van der Waals surface area contributed by atoms with Crippen LogP contribution in [0.3, 0.4) is 0 Å². The molecule has 186 valence electrons. The van der Waals surface area contributed by atoms with Crippen LogP contribution in [0.15, 0.2) is 42.5 Å². The van der Waals surface area contributed by atoms with Crippen molar-refractivity contribution in [1.29, 1.82) is 10.8 Å². The quantitative estimate of drug-likeness (QED) is 0.311. The van der Waals surface area contributed by atoms with Gasteiger partial charge >= 0.3 is 5.97 Å². The van der Waals surface area contributed by atoms with Crippen LogP contribution >= 0.6 is 0 Å². The molecule has 2 aromatic rings. The first-order valence-corrected chi connectivity index (χ1v) is 11.8. The number of carboxylic acids is 1. The summed E-state index contributed by atoms with van der Waals surface area (Å²) in [5.74, 6) is 0.140. The van der Waals surface area contributed by atoms with Crippen LogP contribution in [0.4, 0.5) is 0 Å². The van der Waals surface area contributed by atoms with E-state index in [9.17, 15) is 9.90 Å². The van der Waals surface area contributed by atoms with Crippen LogP contribution in [0.1, 0.15) is 42.1 Å². The average Bonchev–Trinajstić information content (AvgIpc) is 3.06. The van der Waals surface area contributed by atoms with E-state index in [4.69, 9.17) is 31.8 Å². The maximum absolute atomic E-state index is 12.0. The fourth-order valence-electron chi connectivity index (χ4n) is 4.54. The van der Waals surface area contributed by atoms with Crippen molar-refractivity contribution in [2.45, 2.75) is 44.4 Å². The smallest absolute Gasteiger partial charge is 0.349 e. The number of carboxylic acid groups (broad SMARTS) is 1. The molecular formula is C25H32N6O4. The van der Waals surface area contributed by atoms with Gasteiger partial charge in [-0.1, -0.05) is 18.2 Å². The first-order chi connectivity index (χ1) is 16.8. The molecule has 2 aromatic carbocycles. The topological polar surface area (TPSA) is 162 Å². The Morgan fingerprint density at radius 2 is 1.60 bits per heavy atom. The number of aliphatic carboxylic acids is 1. The average molecular weight is 481 g/mol. The molecule has 2 aliphatic heterocycles. The standard InChI is InChI=1S/C25H32N6O4/c26-24(27)30-12-9-20(10-13-30)34-19-6-4-17(5-7-19)22(23(32)33)35-21-8-3-16-2-1-11-31(25(28)29)15-18(16)14-21/h3-8,14,20,22H,1-2,9-13,15H2,(H3,26,27)(H3,28,29)(H,32,33). The highest BCUT2D eigenvalue weighted by atomic mass is 16.5. The summed E-state index contributed by atoms with van der Waals surface area (Å²) in [6.07, 6.45) is 2.15. The van der Waals surface area contributed by atoms with Crippen LogP contribution in [0.2, 0.25) is 0 Å². The number of ether oxygens (including phenoxy) is 2. The summed E-state index contributed by atoms with van der Waals surface area (Å²) in [6.45, 7) is 2.56. The maximum atomic E-state index is 12.0. The van der Waals surface area contributed by atoms with Gasteiger partial charge in [0.05, 0.1) is 0 Å². The summed E-state index contributed by atoms with van der Waals surface area (Å²) in [6, 6.07) is 12.5. The van der Waals surface area contributed by atoms with Gasteiger partial charge in [-0.05, 0) is 48.2 Å². The van der Waals surface area contributed by atoms with Crippen molar-refractivity contribution in [2.75, 3.05) is 19.6 Å². The largest absolute Gasteiger partial charge is 0.490 e. The molecule has 10 heteroatoms. The van der Waals surface area contributed by atoms with E-state index in [2.05, 4.69) is 0 Å². The molecule has 0 saturated carbocycles. The van der Waals surface area contributed by atoms with E-state index < -0.39 is 12.1 Å². The van der Waals surface area contributed by atoms with Crippen molar-refractivity contribution >= 4 is 17.9 Å². The molecule has 1 atom stereocenters. The van der Waals surface area contributed by atoms with E-state index in [0.29, 0.717) is 43.2 Å². The lowest BCUT2D eigenvalue weighted by Crippen LogP contribution is -2.44. The zero-order valence-corrected chi connectivity index (χ0v) is 19.6. The van der Waals surface area contributed by atoms with Gasteiger partial charge in [0.1, 0.15) is 17.6 Å². The molecule has 0 amide bonds. The molecular weight excluding hydrogens is 448 g/mol. The Balaban J connectivity index is 1.43. The fourth-order valence-corrected chi connectivity index (χ4v) is 4.54. The van der Waals surface area contributed by atoms with E-state index in [1.54, 1.807) is 35.2 Å². The fraction of sp³-hybridized carbons (Fsp3) is 0.400. The molecule has 0 aromatic heterocycles. The second kappa shape index (κ2) is 10.5. The third-order valence-electron chi connectivity index (χ3n) is 6.50. The number of piperidine rings is 1. The third-order valence-corrected chi connectivity index (χ3v) is 6.50. The summed E-state index contributed by atoms with van der Waals surface area (Å²) in [7, 11) is 0. The number of carbonyl (C=O) groups is 1. The first kappa shape index (κ1) is 24.2. The molecule has 1 fully saturated rings. The van der Waals surface area contributed by atoms with Crippen LogP contribution in [0.5, 0.6) is 11.5 Å². The molecule has 2 aliphatic rings. The van der Waals surface area contributed by atoms with Crippen molar-refractivity contribution in [3.05, 3.63) is 59.2 Å². The Hall–Kier alpha value is -3.95. The van der Waals surface area contributed by atoms with Gasteiger partial charge in [-0.25, -0.2) is 4.79 Å². The molecule has 2 heterocycles. The van der Waals surface area contributed by atoms with Crippen LogP contribution in [0, 0.1) is 10.8 Å². The Kier molecular flexibility index (Phi) is 7.28. The molecule has 4 rings (SSSR count). The van der Waals surface area contributed by atoms with E-state index in [-0.39, 0.29) is 18.0 Å². The number of aryl methyl sites for hydroxylation is 1. The number of rotatable bonds is 6. The number of fused-ring (bicyclic) bond motifs is 1. The van der Waals surface area contributed by atoms with Crippen molar-refractivity contribution in [3.8, 4) is 11.5 Å². The highest BCUT2D eigenvalue weighted by Gasteiger charge is 2.25. The maximum Gasteiger partial charge on any atom is 0.349 e. The number of likely N-dealkylation sites (tertiary alicyclic amines) is 1. The van der Waals surface area contributed by atoms with Gasteiger partial charge in [-0.15, -0.1) is 0 Å². The van der Waals surface area contributed by atoms with Gasteiger partial charge in [-0.2, -0.15) is 0 Å². The molecule has 10 nitrogen and oxygen atoms in total. The second-order valence-corrected chi connectivity index (χ2v) is 8.94. The highest BCUT2D eigenvalue weighted by molar-refractivity contribution is 5.76. The van der Waals surface area contributed by atoms with E-state index >= 15 is 0 Å². The predicted molar refractivity (Wildman–Crippen MR) is 132 cm³/mol. The Bertz CT molecular complexity index is 1080. The SMILES string of the molecule is N=C(N)N1CCC(Oc2ccc(C(Oc3ccc4c(c3)CN(C(=N)N)CCC4)C(=O)O)cc2)CC1. The molecule has 1 unspecified atom stereocenters. The van der Waals surface area contributed by atoms with E-state index in [1.165, 1.54) is 0 Å². The lowest BCUT2D eigenvalue weighted by atomic mass is 10.0. The van der Waals surface area contributed by atoms with Crippen LogP contribution in [-0.4, -0.2) is 58.5 Å². The second-order valence-electron chi connectivity index (χ2n) is 8.94. The molecule has 0 aliphatic carbocycles. The number of nitrogens with zero attached hydrogens (tertiary/aromatic N) is 2. The van der Waals surface area contributed by atoms with Crippen LogP contribution in [0.25, 0.3) is 0 Å².